The van der Waals surface area contributed by atoms with Crippen molar-refractivity contribution in [2.45, 2.75) is 75.6 Å². The van der Waals surface area contributed by atoms with Crippen molar-refractivity contribution in [3.05, 3.63) is 29.8 Å². The van der Waals surface area contributed by atoms with Gasteiger partial charge in [-0.15, -0.1) is 11.8 Å². The smallest absolute Gasteiger partial charge is 0.0210 e. The molecule has 2 rings (SSSR count). The minimum Gasteiger partial charge on any atom is -0.308 e. The number of hydrogen-bond acceptors (Lipinski definition) is 2. The van der Waals surface area contributed by atoms with Crippen molar-refractivity contribution in [3.63, 3.8) is 0 Å². The van der Waals surface area contributed by atoms with E-state index in [-0.39, 0.29) is 5.54 Å². The van der Waals surface area contributed by atoms with Crippen LogP contribution in [-0.2, 0) is 6.54 Å². The summed E-state index contributed by atoms with van der Waals surface area (Å²) in [5.41, 5.74) is 1.56. The molecule has 0 atom stereocenters. The number of benzene rings is 1. The molecule has 0 amide bonds. The lowest BCUT2D eigenvalue weighted by molar-refractivity contribution is 0.393. The fourth-order valence-electron chi connectivity index (χ4n) is 2.59. The van der Waals surface area contributed by atoms with Crippen LogP contribution in [0, 0.1) is 5.92 Å². The fraction of sp³-hybridized carbons (Fsp3) is 0.667. The first-order valence-corrected chi connectivity index (χ1v) is 8.81. The van der Waals surface area contributed by atoms with Crippen LogP contribution < -0.4 is 5.32 Å². The molecule has 0 spiro atoms. The number of thioether (sulfide) groups is 1. The van der Waals surface area contributed by atoms with Gasteiger partial charge in [0.15, 0.2) is 0 Å². The van der Waals surface area contributed by atoms with E-state index in [1.807, 2.05) is 0 Å². The predicted molar refractivity (Wildman–Crippen MR) is 90.3 cm³/mol. The quantitative estimate of drug-likeness (QED) is 0.813. The van der Waals surface area contributed by atoms with Crippen molar-refractivity contribution < 1.29 is 0 Å². The summed E-state index contributed by atoms with van der Waals surface area (Å²) in [6.45, 7) is 9.97. The topological polar surface area (TPSA) is 12.0 Å². The van der Waals surface area contributed by atoms with Crippen LogP contribution in [0.3, 0.4) is 0 Å². The van der Waals surface area contributed by atoms with E-state index in [1.54, 1.807) is 0 Å². The zero-order chi connectivity index (χ0) is 14.6. The molecule has 1 N–H and O–H groups in total. The van der Waals surface area contributed by atoms with E-state index in [0.29, 0.717) is 0 Å². The van der Waals surface area contributed by atoms with Crippen molar-refractivity contribution in [2.75, 3.05) is 0 Å². The predicted octanol–water partition coefficient (Wildman–Crippen LogP) is 5.25. The van der Waals surface area contributed by atoms with Gasteiger partial charge in [-0.25, -0.2) is 0 Å². The summed E-state index contributed by atoms with van der Waals surface area (Å²) < 4.78 is 0. The largest absolute Gasteiger partial charge is 0.308 e. The molecule has 20 heavy (non-hydrogen) atoms. The van der Waals surface area contributed by atoms with E-state index in [0.717, 1.165) is 17.7 Å². The van der Waals surface area contributed by atoms with Gasteiger partial charge in [0.05, 0.1) is 0 Å². The highest BCUT2D eigenvalue weighted by molar-refractivity contribution is 8.00. The average Bonchev–Trinajstić information content (AvgIpc) is 2.40. The molecule has 0 aliphatic heterocycles. The third-order valence-electron chi connectivity index (χ3n) is 4.01. The molecule has 1 aromatic carbocycles. The molecular weight excluding hydrogens is 262 g/mol. The lowest BCUT2D eigenvalue weighted by Gasteiger charge is -2.25. The highest BCUT2D eigenvalue weighted by atomic mass is 32.2. The van der Waals surface area contributed by atoms with Gasteiger partial charge < -0.3 is 5.32 Å². The third-order valence-corrected chi connectivity index (χ3v) is 5.36. The minimum absolute atomic E-state index is 0.187. The zero-order valence-corrected chi connectivity index (χ0v) is 14.2. The van der Waals surface area contributed by atoms with Crippen LogP contribution in [-0.4, -0.2) is 10.8 Å². The first kappa shape index (κ1) is 15.9. The summed E-state index contributed by atoms with van der Waals surface area (Å²) in [7, 11) is 0. The van der Waals surface area contributed by atoms with Gasteiger partial charge in [0.1, 0.15) is 0 Å². The lowest BCUT2D eigenvalue weighted by Crippen LogP contribution is -2.35. The molecule has 0 saturated heterocycles. The Kier molecular flexibility index (Phi) is 5.57. The first-order chi connectivity index (χ1) is 9.42. The van der Waals surface area contributed by atoms with Gasteiger partial charge in [0, 0.05) is 22.2 Å². The summed E-state index contributed by atoms with van der Waals surface area (Å²) >= 11 is 2.08. The van der Waals surface area contributed by atoms with E-state index < -0.39 is 0 Å². The van der Waals surface area contributed by atoms with Crippen LogP contribution in [0.25, 0.3) is 0 Å². The van der Waals surface area contributed by atoms with Gasteiger partial charge in [-0.1, -0.05) is 19.1 Å². The Morgan fingerprint density at radius 1 is 1.05 bits per heavy atom. The number of nitrogens with one attached hydrogen (secondary N) is 1. The Morgan fingerprint density at radius 3 is 2.20 bits per heavy atom. The Morgan fingerprint density at radius 2 is 1.65 bits per heavy atom. The lowest BCUT2D eigenvalue weighted by atomic mass is 9.91. The second-order valence-electron chi connectivity index (χ2n) is 7.25. The van der Waals surface area contributed by atoms with Gasteiger partial charge in [-0.05, 0) is 70.1 Å². The Labute approximate surface area is 128 Å². The molecule has 1 aliphatic rings. The molecular formula is C18H29NS. The van der Waals surface area contributed by atoms with Crippen LogP contribution >= 0.6 is 11.8 Å². The molecule has 1 fully saturated rings. The van der Waals surface area contributed by atoms with Crippen LogP contribution in [0.1, 0.15) is 58.9 Å². The maximum atomic E-state index is 3.54. The zero-order valence-electron chi connectivity index (χ0n) is 13.4. The van der Waals surface area contributed by atoms with Gasteiger partial charge in [-0.3, -0.25) is 0 Å². The molecule has 112 valence electrons. The highest BCUT2D eigenvalue weighted by Crippen LogP contribution is 2.35. The highest BCUT2D eigenvalue weighted by Gasteiger charge is 2.18. The van der Waals surface area contributed by atoms with Crippen LogP contribution in [0.4, 0.5) is 0 Å². The van der Waals surface area contributed by atoms with Gasteiger partial charge in [0.2, 0.25) is 0 Å². The summed E-state index contributed by atoms with van der Waals surface area (Å²) in [5, 5.41) is 4.37. The summed E-state index contributed by atoms with van der Waals surface area (Å²) in [4.78, 5) is 1.43. The van der Waals surface area contributed by atoms with E-state index in [9.17, 15) is 0 Å². The molecule has 1 saturated carbocycles. The fourth-order valence-corrected chi connectivity index (χ4v) is 3.78. The minimum atomic E-state index is 0.187. The molecule has 0 heterocycles. The van der Waals surface area contributed by atoms with Crippen LogP contribution in [0.15, 0.2) is 29.2 Å². The summed E-state index contributed by atoms with van der Waals surface area (Å²) in [6.07, 6.45) is 5.59. The average molecular weight is 292 g/mol. The third kappa shape index (κ3) is 5.49. The molecule has 0 unspecified atom stereocenters. The second kappa shape index (κ2) is 7.00. The maximum Gasteiger partial charge on any atom is 0.0210 e. The SMILES string of the molecule is CC1CCC(Sc2ccc(CNC(C)(C)C)cc2)CC1. The number of hydrogen-bond donors (Lipinski definition) is 1. The van der Waals surface area contributed by atoms with Gasteiger partial charge in [0.25, 0.3) is 0 Å². The van der Waals surface area contributed by atoms with Crippen molar-refractivity contribution in [1.29, 1.82) is 0 Å². The van der Waals surface area contributed by atoms with Crippen molar-refractivity contribution >= 4 is 11.8 Å². The molecule has 1 nitrogen and oxygen atoms in total. The van der Waals surface area contributed by atoms with E-state index in [4.69, 9.17) is 0 Å². The van der Waals surface area contributed by atoms with Crippen molar-refractivity contribution in [2.24, 2.45) is 5.92 Å². The number of rotatable bonds is 4. The van der Waals surface area contributed by atoms with E-state index in [1.165, 1.54) is 36.1 Å². The van der Waals surface area contributed by atoms with E-state index >= 15 is 0 Å². The molecule has 1 aliphatic carbocycles. The standard InChI is InChI=1S/C18H29NS/c1-14-5-9-16(10-6-14)20-17-11-7-15(8-12-17)13-19-18(2,3)4/h7-8,11-12,14,16,19H,5-6,9-10,13H2,1-4H3. The molecule has 0 radical (unpaired) electrons. The monoisotopic (exact) mass is 291 g/mol. The molecule has 1 aromatic rings. The normalized spacial score (nSPS) is 23.8. The molecule has 0 aromatic heterocycles. The van der Waals surface area contributed by atoms with E-state index in [2.05, 4.69) is 69.0 Å². The maximum absolute atomic E-state index is 3.54. The van der Waals surface area contributed by atoms with Crippen LogP contribution in [0.5, 0.6) is 0 Å². The second-order valence-corrected chi connectivity index (χ2v) is 8.62. The van der Waals surface area contributed by atoms with Crippen molar-refractivity contribution in [3.8, 4) is 0 Å². The first-order valence-electron chi connectivity index (χ1n) is 7.93. The molecule has 0 bridgehead atoms. The van der Waals surface area contributed by atoms with Crippen molar-refractivity contribution in [1.82, 2.24) is 5.32 Å². The van der Waals surface area contributed by atoms with Crippen LogP contribution in [0.2, 0.25) is 0 Å². The summed E-state index contributed by atoms with van der Waals surface area (Å²) in [6, 6.07) is 9.13. The molecule has 2 heteroatoms. The summed E-state index contributed by atoms with van der Waals surface area (Å²) in [5.74, 6) is 0.942. The Bertz CT molecular complexity index is 396. The van der Waals surface area contributed by atoms with Gasteiger partial charge >= 0.3 is 0 Å². The Balaban J connectivity index is 1.82. The Hall–Kier alpha value is -0.470. The van der Waals surface area contributed by atoms with Gasteiger partial charge in [-0.2, -0.15) is 0 Å².